The second-order valence-corrected chi connectivity index (χ2v) is 5.54. The zero-order valence-corrected chi connectivity index (χ0v) is 12.6. The molecule has 1 aliphatic carbocycles. The number of hydrogen-bond acceptors (Lipinski definition) is 6. The molecule has 0 saturated heterocycles. The molecule has 1 N–H and O–H groups in total. The molecule has 1 aromatic rings. The van der Waals surface area contributed by atoms with E-state index in [-0.39, 0.29) is 24.4 Å². The lowest BCUT2D eigenvalue weighted by Crippen LogP contribution is -2.43. The van der Waals surface area contributed by atoms with E-state index in [9.17, 15) is 4.79 Å². The number of rotatable bonds is 7. The second-order valence-electron chi connectivity index (χ2n) is 5.28. The third kappa shape index (κ3) is 4.11. The van der Waals surface area contributed by atoms with Gasteiger partial charge in [-0.1, -0.05) is 26.7 Å². The number of hydrogen-bond donors (Lipinski definition) is 2. The third-order valence-electron chi connectivity index (χ3n) is 3.30. The van der Waals surface area contributed by atoms with E-state index in [4.69, 9.17) is 9.47 Å². The number of carbonyl (C=O) groups is 1. The first-order valence-corrected chi connectivity index (χ1v) is 7.21. The molecular formula is C14H20N2O3S. The molecule has 6 heteroatoms. The Bertz CT molecular complexity index is 444. The van der Waals surface area contributed by atoms with Gasteiger partial charge in [-0.25, -0.2) is 4.98 Å². The van der Waals surface area contributed by atoms with Gasteiger partial charge in [-0.05, 0) is 6.07 Å². The quantitative estimate of drug-likeness (QED) is 0.754. The number of thiol groups is 1. The molecule has 1 aliphatic rings. The van der Waals surface area contributed by atoms with Gasteiger partial charge >= 0.3 is 0 Å². The Morgan fingerprint density at radius 2 is 2.25 bits per heavy atom. The summed E-state index contributed by atoms with van der Waals surface area (Å²) in [6, 6.07) is 3.95. The largest absolute Gasteiger partial charge is 0.484 e. The lowest BCUT2D eigenvalue weighted by Gasteiger charge is -2.34. The van der Waals surface area contributed by atoms with E-state index in [0.29, 0.717) is 17.7 Å². The fraction of sp³-hybridized carbons (Fsp3) is 0.571. The van der Waals surface area contributed by atoms with E-state index in [1.807, 2.05) is 13.8 Å². The fourth-order valence-corrected chi connectivity index (χ4v) is 1.99. The van der Waals surface area contributed by atoms with E-state index in [1.165, 1.54) is 0 Å². The number of ether oxygens (including phenoxy) is 2. The minimum Gasteiger partial charge on any atom is -0.484 e. The maximum absolute atomic E-state index is 11.5. The molecule has 0 spiro atoms. The molecule has 1 aromatic heterocycles. The Balaban J connectivity index is 1.77. The average molecular weight is 296 g/mol. The number of nitrogens with one attached hydrogen (secondary N) is 1. The molecule has 20 heavy (non-hydrogen) atoms. The molecule has 0 unspecified atom stereocenters. The molecule has 5 nitrogen and oxygen atoms in total. The number of ketones is 1. The number of carbonyl (C=O) groups excluding carboxylic acids is 1. The van der Waals surface area contributed by atoms with Crippen LogP contribution in [0.2, 0.25) is 0 Å². The molecule has 0 aliphatic heterocycles. The Labute approximate surface area is 124 Å². The summed E-state index contributed by atoms with van der Waals surface area (Å²) in [6.45, 7) is 3.79. The molecular weight excluding hydrogens is 276 g/mol. The van der Waals surface area contributed by atoms with Crippen LogP contribution in [-0.2, 0) is 4.79 Å². The Kier molecular flexibility index (Phi) is 5.25. The van der Waals surface area contributed by atoms with E-state index in [2.05, 4.69) is 22.5 Å². The van der Waals surface area contributed by atoms with Crippen LogP contribution >= 0.6 is 12.8 Å². The number of nitrogens with zero attached hydrogens (tertiary/aromatic N) is 1. The summed E-state index contributed by atoms with van der Waals surface area (Å²) in [4.78, 5) is 15.6. The van der Waals surface area contributed by atoms with Crippen molar-refractivity contribution in [3.63, 3.8) is 0 Å². The van der Waals surface area contributed by atoms with Crippen LogP contribution in [0.15, 0.2) is 18.3 Å². The lowest BCUT2D eigenvalue weighted by molar-refractivity contribution is -0.123. The summed E-state index contributed by atoms with van der Waals surface area (Å²) >= 11 is 4.02. The highest BCUT2D eigenvalue weighted by molar-refractivity contribution is 7.78. The molecule has 0 amide bonds. The summed E-state index contributed by atoms with van der Waals surface area (Å²) in [5, 5.41) is 0. The van der Waals surface area contributed by atoms with Crippen LogP contribution in [0.3, 0.4) is 0 Å². The smallest absolute Gasteiger partial charge is 0.213 e. The highest BCUT2D eigenvalue weighted by atomic mass is 32.1. The van der Waals surface area contributed by atoms with Crippen molar-refractivity contribution in [2.24, 2.45) is 5.92 Å². The second kappa shape index (κ2) is 6.95. The molecule has 0 aromatic carbocycles. The lowest BCUT2D eigenvalue weighted by atomic mass is 9.90. The van der Waals surface area contributed by atoms with Gasteiger partial charge in [0.1, 0.15) is 18.5 Å². The summed E-state index contributed by atoms with van der Waals surface area (Å²) in [7, 11) is 0. The molecule has 1 heterocycles. The van der Waals surface area contributed by atoms with Gasteiger partial charge in [-0.3, -0.25) is 9.52 Å². The van der Waals surface area contributed by atoms with Gasteiger partial charge in [0.15, 0.2) is 5.78 Å². The molecule has 0 bridgehead atoms. The van der Waals surface area contributed by atoms with E-state index >= 15 is 0 Å². The van der Waals surface area contributed by atoms with Crippen LogP contribution in [-0.4, -0.2) is 29.5 Å². The van der Waals surface area contributed by atoms with Gasteiger partial charge in [0.05, 0.1) is 6.20 Å². The van der Waals surface area contributed by atoms with Crippen LogP contribution in [0.4, 0.5) is 0 Å². The van der Waals surface area contributed by atoms with Crippen molar-refractivity contribution in [1.29, 1.82) is 0 Å². The monoisotopic (exact) mass is 296 g/mol. The number of aromatic nitrogens is 1. The maximum Gasteiger partial charge on any atom is 0.213 e. The van der Waals surface area contributed by atoms with Crippen molar-refractivity contribution in [3.8, 4) is 11.6 Å². The van der Waals surface area contributed by atoms with Gasteiger partial charge in [0, 0.05) is 30.9 Å². The van der Waals surface area contributed by atoms with Crippen molar-refractivity contribution in [1.82, 2.24) is 9.71 Å². The van der Waals surface area contributed by atoms with Gasteiger partial charge < -0.3 is 9.47 Å². The fourth-order valence-electron chi connectivity index (χ4n) is 1.78. The summed E-state index contributed by atoms with van der Waals surface area (Å²) in [5.41, 5.74) is 0. The van der Waals surface area contributed by atoms with Crippen molar-refractivity contribution in [2.45, 2.75) is 38.8 Å². The first-order chi connectivity index (χ1) is 9.58. The van der Waals surface area contributed by atoms with Crippen LogP contribution < -0.4 is 14.2 Å². The molecule has 1 fully saturated rings. The van der Waals surface area contributed by atoms with Crippen LogP contribution in [0.1, 0.15) is 26.7 Å². The summed E-state index contributed by atoms with van der Waals surface area (Å²) < 4.78 is 14.0. The van der Waals surface area contributed by atoms with Crippen LogP contribution in [0, 0.1) is 5.92 Å². The first kappa shape index (κ1) is 15.1. The molecule has 2 rings (SSSR count). The predicted molar refractivity (Wildman–Crippen MR) is 79.1 cm³/mol. The molecule has 0 radical (unpaired) electrons. The number of pyridine rings is 1. The van der Waals surface area contributed by atoms with Crippen molar-refractivity contribution < 1.29 is 14.3 Å². The Hall–Kier alpha value is -1.27. The minimum atomic E-state index is -0.0161. The topological polar surface area (TPSA) is 60.5 Å². The van der Waals surface area contributed by atoms with E-state index < -0.39 is 0 Å². The van der Waals surface area contributed by atoms with Crippen LogP contribution in [0.5, 0.6) is 11.6 Å². The summed E-state index contributed by atoms with van der Waals surface area (Å²) in [5.74, 6) is 1.22. The Morgan fingerprint density at radius 1 is 1.50 bits per heavy atom. The highest BCUT2D eigenvalue weighted by Gasteiger charge is 2.30. The molecule has 1 saturated carbocycles. The Morgan fingerprint density at radius 3 is 2.80 bits per heavy atom. The first-order valence-electron chi connectivity index (χ1n) is 6.76. The minimum absolute atomic E-state index is 0.0161. The van der Waals surface area contributed by atoms with Crippen molar-refractivity contribution in [2.75, 3.05) is 6.61 Å². The van der Waals surface area contributed by atoms with Crippen molar-refractivity contribution in [3.05, 3.63) is 18.3 Å². The van der Waals surface area contributed by atoms with Gasteiger partial charge in [-0.15, -0.1) is 0 Å². The summed E-state index contributed by atoms with van der Waals surface area (Å²) in [6.07, 6.45) is 3.65. The van der Waals surface area contributed by atoms with Gasteiger partial charge in [0.25, 0.3) is 0 Å². The zero-order chi connectivity index (χ0) is 14.5. The van der Waals surface area contributed by atoms with E-state index in [0.717, 1.165) is 12.8 Å². The standard InChI is InChI=1S/C14H20N2O3S/c1-9(2)13(17)8-18-11-3-4-14(15-7-11)19-12-5-10(6-12)16-20/h3-4,7,9-10,12,16,20H,5-6,8H2,1-2H3/t10-,12+. The number of Topliss-reactive ketones (excluding diaryl/α,β-unsaturated/α-hetero) is 1. The normalized spacial score (nSPS) is 21.4. The van der Waals surface area contributed by atoms with E-state index in [1.54, 1.807) is 18.3 Å². The molecule has 0 atom stereocenters. The zero-order valence-electron chi connectivity index (χ0n) is 11.7. The third-order valence-corrected chi connectivity index (χ3v) is 3.66. The van der Waals surface area contributed by atoms with Gasteiger partial charge in [-0.2, -0.15) is 0 Å². The molecule has 110 valence electrons. The van der Waals surface area contributed by atoms with Gasteiger partial charge in [0.2, 0.25) is 5.88 Å². The van der Waals surface area contributed by atoms with Crippen molar-refractivity contribution >= 4 is 18.6 Å². The predicted octanol–water partition coefficient (Wildman–Crippen LogP) is 2.03. The SMILES string of the molecule is CC(C)C(=O)COc1ccc(O[C@H]2C[C@@H](NS)C2)nc1. The maximum atomic E-state index is 11.5. The van der Waals surface area contributed by atoms with Crippen LogP contribution in [0.25, 0.3) is 0 Å². The average Bonchev–Trinajstić information content (AvgIpc) is 2.40. The highest BCUT2D eigenvalue weighted by Crippen LogP contribution is 2.25.